The third-order valence-electron chi connectivity index (χ3n) is 2.23. The Kier molecular flexibility index (Phi) is 2.20. The van der Waals surface area contributed by atoms with Gasteiger partial charge in [0, 0.05) is 0 Å². The van der Waals surface area contributed by atoms with Crippen LogP contribution >= 0.6 is 0 Å². The molecule has 0 saturated carbocycles. The first-order chi connectivity index (χ1) is 7.54. The van der Waals surface area contributed by atoms with Gasteiger partial charge in [-0.3, -0.25) is 4.79 Å². The molecule has 0 spiro atoms. The van der Waals surface area contributed by atoms with Crippen LogP contribution < -0.4 is 11.5 Å². The highest BCUT2D eigenvalue weighted by atomic mass is 16.1. The van der Waals surface area contributed by atoms with Gasteiger partial charge in [0.1, 0.15) is 11.7 Å². The number of aromatic amines is 1. The summed E-state index contributed by atoms with van der Waals surface area (Å²) in [7, 11) is 0. The minimum Gasteiger partial charge on any atom is -0.364 e. The zero-order valence-electron chi connectivity index (χ0n) is 8.32. The van der Waals surface area contributed by atoms with E-state index in [1.165, 1.54) is 0 Å². The Bertz CT molecular complexity index is 462. The number of carbonyl (C=O) groups is 1. The highest BCUT2D eigenvalue weighted by Gasteiger charge is 2.39. The van der Waals surface area contributed by atoms with Crippen LogP contribution in [-0.4, -0.2) is 27.0 Å². The maximum absolute atomic E-state index is 11.0. The van der Waals surface area contributed by atoms with E-state index in [1.54, 1.807) is 6.92 Å². The second-order valence-corrected chi connectivity index (χ2v) is 3.37. The van der Waals surface area contributed by atoms with Gasteiger partial charge in [0.2, 0.25) is 5.66 Å². The predicted octanol–water partition coefficient (Wildman–Crippen LogP) is -0.547. The second-order valence-electron chi connectivity index (χ2n) is 3.37. The molecule has 1 aromatic heterocycles. The van der Waals surface area contributed by atoms with Crippen molar-refractivity contribution in [3.8, 4) is 0 Å². The van der Waals surface area contributed by atoms with E-state index in [-0.39, 0.29) is 11.4 Å². The van der Waals surface area contributed by atoms with Gasteiger partial charge in [0.25, 0.3) is 5.91 Å². The van der Waals surface area contributed by atoms with Crippen molar-refractivity contribution in [1.29, 1.82) is 0 Å². The maximum atomic E-state index is 11.0. The summed E-state index contributed by atoms with van der Waals surface area (Å²) >= 11 is 0. The van der Waals surface area contributed by atoms with Gasteiger partial charge in [-0.15, -0.1) is 10.2 Å². The average Bonchev–Trinajstić information content (AvgIpc) is 2.85. The number of nitrogens with two attached hydrogens (primary N) is 2. The summed E-state index contributed by atoms with van der Waals surface area (Å²) in [6, 6.07) is -0.802. The first kappa shape index (κ1) is 10.3. The minimum atomic E-state index is -1.08. The highest BCUT2D eigenvalue weighted by molar-refractivity contribution is 5.91. The van der Waals surface area contributed by atoms with E-state index in [0.717, 1.165) is 0 Å². The van der Waals surface area contributed by atoms with Gasteiger partial charge in [0.15, 0.2) is 5.69 Å². The van der Waals surface area contributed by atoms with Crippen LogP contribution in [0.2, 0.25) is 0 Å². The fraction of sp³-hybridized carbons (Fsp3) is 0.500. The van der Waals surface area contributed by atoms with Gasteiger partial charge >= 0.3 is 0 Å². The lowest BCUT2D eigenvalue weighted by atomic mass is 10.0. The van der Waals surface area contributed by atoms with E-state index in [2.05, 4.69) is 36.1 Å². The monoisotopic (exact) mass is 223 g/mol. The fourth-order valence-corrected chi connectivity index (χ4v) is 1.26. The zero-order chi connectivity index (χ0) is 11.8. The van der Waals surface area contributed by atoms with E-state index >= 15 is 0 Å². The number of amides is 1. The van der Waals surface area contributed by atoms with Gasteiger partial charge in [-0.2, -0.15) is 15.4 Å². The molecule has 0 fully saturated rings. The number of H-pyrrole nitrogens is 1. The van der Waals surface area contributed by atoms with Crippen molar-refractivity contribution in [1.82, 2.24) is 15.4 Å². The van der Waals surface area contributed by atoms with E-state index in [4.69, 9.17) is 11.5 Å². The van der Waals surface area contributed by atoms with Gasteiger partial charge in [-0.1, -0.05) is 0 Å². The molecule has 5 N–H and O–H groups in total. The van der Waals surface area contributed by atoms with Crippen LogP contribution in [0.1, 0.15) is 29.1 Å². The average molecular weight is 223 g/mol. The fourth-order valence-electron chi connectivity index (χ4n) is 1.26. The van der Waals surface area contributed by atoms with E-state index in [0.29, 0.717) is 0 Å². The maximum Gasteiger partial charge on any atom is 0.271 e. The Labute approximate surface area is 89.2 Å². The summed E-state index contributed by atoms with van der Waals surface area (Å²) in [6.45, 7) is 1.61. The SMILES string of the molecule is CC1(C(N)c2n[nH]nc2C(N)=O)N=NN=N1. The molecular formula is C6H9N9O. The standard InChI is InChI=1S/C6H9N9O/c1-6(11-14-15-12-6)4(7)2-3(5(8)16)10-13-9-2/h4H,7H2,1H3,(H2,8,16)(H,9,10,13). The topological polar surface area (TPSA) is 160 Å². The van der Waals surface area contributed by atoms with Crippen LogP contribution in [0.25, 0.3) is 0 Å². The lowest BCUT2D eigenvalue weighted by Crippen LogP contribution is -2.35. The van der Waals surface area contributed by atoms with Crippen molar-refractivity contribution in [2.24, 2.45) is 32.1 Å². The largest absolute Gasteiger partial charge is 0.364 e. The molecule has 1 aliphatic rings. The smallest absolute Gasteiger partial charge is 0.271 e. The molecule has 2 rings (SSSR count). The molecule has 84 valence electrons. The quantitative estimate of drug-likeness (QED) is 0.627. The molecule has 0 saturated heterocycles. The Morgan fingerprint density at radius 2 is 2.00 bits per heavy atom. The van der Waals surface area contributed by atoms with Crippen LogP contribution in [0.5, 0.6) is 0 Å². The lowest BCUT2D eigenvalue weighted by molar-refractivity contribution is 0.0993. The van der Waals surface area contributed by atoms with Gasteiger partial charge in [-0.05, 0) is 17.4 Å². The van der Waals surface area contributed by atoms with Crippen LogP contribution in [-0.2, 0) is 0 Å². The van der Waals surface area contributed by atoms with Crippen molar-refractivity contribution < 1.29 is 4.79 Å². The van der Waals surface area contributed by atoms with Crippen LogP contribution in [0, 0.1) is 0 Å². The van der Waals surface area contributed by atoms with Crippen molar-refractivity contribution >= 4 is 5.91 Å². The molecule has 0 aliphatic carbocycles. The Morgan fingerprint density at radius 3 is 2.56 bits per heavy atom. The molecule has 1 aromatic rings. The van der Waals surface area contributed by atoms with Crippen LogP contribution in [0.4, 0.5) is 0 Å². The lowest BCUT2D eigenvalue weighted by Gasteiger charge is -2.20. The summed E-state index contributed by atoms with van der Waals surface area (Å²) in [5.74, 6) is -0.727. The van der Waals surface area contributed by atoms with Gasteiger partial charge < -0.3 is 11.5 Å². The van der Waals surface area contributed by atoms with Gasteiger partial charge in [0.05, 0.1) is 0 Å². The third kappa shape index (κ3) is 1.44. The van der Waals surface area contributed by atoms with Crippen molar-refractivity contribution in [2.45, 2.75) is 18.6 Å². The molecule has 2 heterocycles. The zero-order valence-corrected chi connectivity index (χ0v) is 8.32. The number of hydrogen-bond donors (Lipinski definition) is 3. The molecule has 0 aromatic carbocycles. The van der Waals surface area contributed by atoms with Crippen molar-refractivity contribution in [3.05, 3.63) is 11.4 Å². The summed E-state index contributed by atoms with van der Waals surface area (Å²) in [4.78, 5) is 11.0. The van der Waals surface area contributed by atoms with Crippen molar-refractivity contribution in [2.75, 3.05) is 0 Å². The third-order valence-corrected chi connectivity index (χ3v) is 2.23. The first-order valence-electron chi connectivity index (χ1n) is 4.35. The van der Waals surface area contributed by atoms with Crippen LogP contribution in [0.3, 0.4) is 0 Å². The number of carbonyl (C=O) groups excluding carboxylic acids is 1. The summed E-state index contributed by atoms with van der Waals surface area (Å²) in [5.41, 5.74) is 10.1. The molecule has 0 bridgehead atoms. The van der Waals surface area contributed by atoms with E-state index < -0.39 is 17.6 Å². The molecule has 10 heteroatoms. The highest BCUT2D eigenvalue weighted by Crippen LogP contribution is 2.32. The normalized spacial score (nSPS) is 18.9. The number of nitrogens with one attached hydrogen (secondary N) is 1. The molecule has 1 amide bonds. The van der Waals surface area contributed by atoms with Crippen LogP contribution in [0.15, 0.2) is 20.7 Å². The summed E-state index contributed by atoms with van der Waals surface area (Å²) < 4.78 is 0. The number of nitrogens with zero attached hydrogens (tertiary/aromatic N) is 6. The molecular weight excluding hydrogens is 214 g/mol. The number of rotatable bonds is 3. The van der Waals surface area contributed by atoms with Crippen molar-refractivity contribution in [3.63, 3.8) is 0 Å². The molecule has 1 aliphatic heterocycles. The predicted molar refractivity (Wildman–Crippen MR) is 49.9 cm³/mol. The number of aromatic nitrogens is 3. The Balaban J connectivity index is 2.38. The molecule has 1 unspecified atom stereocenters. The minimum absolute atomic E-state index is 0.0361. The molecule has 16 heavy (non-hydrogen) atoms. The Hall–Kier alpha value is -2.23. The number of primary amides is 1. The second kappa shape index (κ2) is 3.41. The molecule has 10 nitrogen and oxygen atoms in total. The summed E-state index contributed by atoms with van der Waals surface area (Å²) in [6.07, 6.45) is 0. The molecule has 0 radical (unpaired) electrons. The summed E-state index contributed by atoms with van der Waals surface area (Å²) in [5, 5.41) is 23.9. The van der Waals surface area contributed by atoms with E-state index in [1.807, 2.05) is 0 Å². The first-order valence-corrected chi connectivity index (χ1v) is 4.35. The van der Waals surface area contributed by atoms with Gasteiger partial charge in [-0.25, -0.2) is 0 Å². The Morgan fingerprint density at radius 1 is 1.38 bits per heavy atom. The molecule has 1 atom stereocenters. The number of hydrogen-bond acceptors (Lipinski definition) is 8. The van der Waals surface area contributed by atoms with E-state index in [9.17, 15) is 4.79 Å².